The summed E-state index contributed by atoms with van der Waals surface area (Å²) in [4.78, 5) is 14.5. The molecule has 0 saturated carbocycles. The Morgan fingerprint density at radius 3 is 2.87 bits per heavy atom. The van der Waals surface area contributed by atoms with Crippen LogP contribution in [0.25, 0.3) is 0 Å². The molecule has 4 nitrogen and oxygen atoms in total. The molecule has 1 aliphatic heterocycles. The van der Waals surface area contributed by atoms with E-state index in [4.69, 9.17) is 5.26 Å². The number of nitrogens with one attached hydrogen (secondary N) is 1. The van der Waals surface area contributed by atoms with Crippen LogP contribution in [-0.2, 0) is 0 Å². The van der Waals surface area contributed by atoms with E-state index in [9.17, 15) is 4.79 Å². The van der Waals surface area contributed by atoms with Gasteiger partial charge in [0, 0.05) is 12.2 Å². The van der Waals surface area contributed by atoms with Crippen molar-refractivity contribution < 1.29 is 4.79 Å². The Hall–Kier alpha value is -2.80. The van der Waals surface area contributed by atoms with E-state index in [2.05, 4.69) is 30.4 Å². The zero-order chi connectivity index (χ0) is 16.2. The maximum atomic E-state index is 12.6. The van der Waals surface area contributed by atoms with Gasteiger partial charge in [0.2, 0.25) is 0 Å². The molecule has 2 aromatic rings. The Labute approximate surface area is 136 Å². The number of rotatable bonds is 2. The molecule has 1 heterocycles. The molecule has 1 fully saturated rings. The monoisotopic (exact) mass is 305 g/mol. The largest absolute Gasteiger partial charge is 0.322 e. The molecule has 116 valence electrons. The van der Waals surface area contributed by atoms with Gasteiger partial charge in [0.15, 0.2) is 0 Å². The van der Waals surface area contributed by atoms with Crippen LogP contribution < -0.4 is 5.32 Å². The molecule has 1 atom stereocenters. The SMILES string of the molecule is Cc1ccccc1C1CCCN1C(=O)Nc1cccc(C#N)c1. The summed E-state index contributed by atoms with van der Waals surface area (Å²) in [6.07, 6.45) is 1.99. The predicted octanol–water partition coefficient (Wildman–Crippen LogP) is 4.24. The number of nitrogens with zero attached hydrogens (tertiary/aromatic N) is 2. The molecule has 2 aromatic carbocycles. The van der Waals surface area contributed by atoms with Gasteiger partial charge in [-0.05, 0) is 49.1 Å². The van der Waals surface area contributed by atoms with Crippen LogP contribution in [0.3, 0.4) is 0 Å². The molecule has 1 aliphatic rings. The number of amides is 2. The van der Waals surface area contributed by atoms with Gasteiger partial charge in [-0.1, -0.05) is 30.3 Å². The van der Waals surface area contributed by atoms with Crippen molar-refractivity contribution in [1.82, 2.24) is 4.90 Å². The van der Waals surface area contributed by atoms with E-state index in [1.807, 2.05) is 17.0 Å². The fourth-order valence-electron chi connectivity index (χ4n) is 3.16. The van der Waals surface area contributed by atoms with Crippen LogP contribution in [-0.4, -0.2) is 17.5 Å². The summed E-state index contributed by atoms with van der Waals surface area (Å²) in [6, 6.07) is 17.3. The number of carbonyl (C=O) groups excluding carboxylic acids is 1. The molecular weight excluding hydrogens is 286 g/mol. The standard InChI is InChI=1S/C19H19N3O/c1-14-6-2-3-9-17(14)18-10-5-11-22(18)19(23)21-16-8-4-7-15(12-16)13-20/h2-4,6-9,12,18H,5,10-11H2,1H3,(H,21,23). The summed E-state index contributed by atoms with van der Waals surface area (Å²) in [6.45, 7) is 2.84. The molecular formula is C19H19N3O. The average Bonchev–Trinajstić information content (AvgIpc) is 3.05. The highest BCUT2D eigenvalue weighted by Gasteiger charge is 2.30. The third kappa shape index (κ3) is 3.19. The van der Waals surface area contributed by atoms with E-state index in [1.54, 1.807) is 24.3 Å². The summed E-state index contributed by atoms with van der Waals surface area (Å²) in [5, 5.41) is 11.9. The van der Waals surface area contributed by atoms with Crippen LogP contribution in [0.1, 0.15) is 35.6 Å². The summed E-state index contributed by atoms with van der Waals surface area (Å²) in [7, 11) is 0. The lowest BCUT2D eigenvalue weighted by atomic mass is 9.99. The van der Waals surface area contributed by atoms with Crippen molar-refractivity contribution in [3.63, 3.8) is 0 Å². The highest BCUT2D eigenvalue weighted by atomic mass is 16.2. The molecule has 0 radical (unpaired) electrons. The van der Waals surface area contributed by atoms with Crippen LogP contribution in [0.4, 0.5) is 10.5 Å². The van der Waals surface area contributed by atoms with Gasteiger partial charge in [-0.2, -0.15) is 5.26 Å². The van der Waals surface area contributed by atoms with Crippen LogP contribution in [0.15, 0.2) is 48.5 Å². The topological polar surface area (TPSA) is 56.1 Å². The van der Waals surface area contributed by atoms with Gasteiger partial charge < -0.3 is 10.2 Å². The van der Waals surface area contributed by atoms with Crippen molar-refractivity contribution in [2.45, 2.75) is 25.8 Å². The van der Waals surface area contributed by atoms with E-state index >= 15 is 0 Å². The first-order valence-corrected chi connectivity index (χ1v) is 7.82. The Bertz CT molecular complexity index is 763. The molecule has 4 heteroatoms. The van der Waals surface area contributed by atoms with Crippen molar-refractivity contribution in [1.29, 1.82) is 5.26 Å². The fourth-order valence-corrected chi connectivity index (χ4v) is 3.16. The number of urea groups is 1. The second-order valence-corrected chi connectivity index (χ2v) is 5.83. The number of hydrogen-bond acceptors (Lipinski definition) is 2. The summed E-state index contributed by atoms with van der Waals surface area (Å²) < 4.78 is 0. The van der Waals surface area contributed by atoms with E-state index in [0.29, 0.717) is 11.3 Å². The molecule has 1 saturated heterocycles. The first-order valence-electron chi connectivity index (χ1n) is 7.82. The first-order chi connectivity index (χ1) is 11.2. The zero-order valence-electron chi connectivity index (χ0n) is 13.1. The van der Waals surface area contributed by atoms with Crippen LogP contribution in [0.5, 0.6) is 0 Å². The lowest BCUT2D eigenvalue weighted by Gasteiger charge is -2.26. The second kappa shape index (κ2) is 6.53. The van der Waals surface area contributed by atoms with Gasteiger partial charge in [-0.25, -0.2) is 4.79 Å². The Morgan fingerprint density at radius 1 is 1.26 bits per heavy atom. The van der Waals surface area contributed by atoms with Gasteiger partial charge >= 0.3 is 6.03 Å². The zero-order valence-corrected chi connectivity index (χ0v) is 13.1. The Morgan fingerprint density at radius 2 is 2.09 bits per heavy atom. The normalized spacial score (nSPS) is 16.9. The minimum absolute atomic E-state index is 0.106. The number of benzene rings is 2. The molecule has 2 amide bonds. The first kappa shape index (κ1) is 15.1. The molecule has 0 aromatic heterocycles. The van der Waals surface area contributed by atoms with Gasteiger partial charge in [-0.3, -0.25) is 0 Å². The Kier molecular flexibility index (Phi) is 4.29. The summed E-state index contributed by atoms with van der Waals surface area (Å²) >= 11 is 0. The number of likely N-dealkylation sites (tertiary alicyclic amines) is 1. The fraction of sp³-hybridized carbons (Fsp3) is 0.263. The number of anilines is 1. The maximum Gasteiger partial charge on any atom is 0.322 e. The van der Waals surface area contributed by atoms with Crippen molar-refractivity contribution in [2.75, 3.05) is 11.9 Å². The molecule has 1 N–H and O–H groups in total. The minimum atomic E-state index is -0.106. The van der Waals surface area contributed by atoms with Crippen LogP contribution >= 0.6 is 0 Å². The third-order valence-corrected chi connectivity index (χ3v) is 4.30. The second-order valence-electron chi connectivity index (χ2n) is 5.83. The number of aryl methyl sites for hydroxylation is 1. The molecule has 1 unspecified atom stereocenters. The quantitative estimate of drug-likeness (QED) is 0.902. The molecule has 0 bridgehead atoms. The molecule has 23 heavy (non-hydrogen) atoms. The van der Waals surface area contributed by atoms with Crippen LogP contribution in [0, 0.1) is 18.3 Å². The van der Waals surface area contributed by atoms with Gasteiger partial charge in [0.25, 0.3) is 0 Å². The highest BCUT2D eigenvalue weighted by molar-refractivity contribution is 5.90. The molecule has 3 rings (SSSR count). The van der Waals surface area contributed by atoms with Crippen molar-refractivity contribution in [3.05, 3.63) is 65.2 Å². The van der Waals surface area contributed by atoms with Gasteiger partial charge in [0.05, 0.1) is 17.7 Å². The highest BCUT2D eigenvalue weighted by Crippen LogP contribution is 2.34. The van der Waals surface area contributed by atoms with Crippen LogP contribution in [0.2, 0.25) is 0 Å². The lowest BCUT2D eigenvalue weighted by Crippen LogP contribution is -2.34. The van der Waals surface area contributed by atoms with Crippen molar-refractivity contribution >= 4 is 11.7 Å². The summed E-state index contributed by atoms with van der Waals surface area (Å²) in [5.41, 5.74) is 3.62. The molecule has 0 spiro atoms. The number of nitriles is 1. The Balaban J connectivity index is 1.78. The van der Waals surface area contributed by atoms with E-state index < -0.39 is 0 Å². The summed E-state index contributed by atoms with van der Waals surface area (Å²) in [5.74, 6) is 0. The predicted molar refractivity (Wildman–Crippen MR) is 90.0 cm³/mol. The molecule has 0 aliphatic carbocycles. The van der Waals surface area contributed by atoms with Gasteiger partial charge in [-0.15, -0.1) is 0 Å². The number of carbonyl (C=O) groups is 1. The lowest BCUT2D eigenvalue weighted by molar-refractivity contribution is 0.207. The van der Waals surface area contributed by atoms with Crippen molar-refractivity contribution in [3.8, 4) is 6.07 Å². The smallest absolute Gasteiger partial charge is 0.317 e. The van der Waals surface area contributed by atoms with E-state index in [0.717, 1.165) is 19.4 Å². The van der Waals surface area contributed by atoms with E-state index in [-0.39, 0.29) is 12.1 Å². The minimum Gasteiger partial charge on any atom is -0.317 e. The van der Waals surface area contributed by atoms with Gasteiger partial charge in [0.1, 0.15) is 0 Å². The van der Waals surface area contributed by atoms with Crippen molar-refractivity contribution in [2.24, 2.45) is 0 Å². The number of hydrogen-bond donors (Lipinski definition) is 1. The van der Waals surface area contributed by atoms with E-state index in [1.165, 1.54) is 11.1 Å². The average molecular weight is 305 g/mol. The maximum absolute atomic E-state index is 12.6. The third-order valence-electron chi connectivity index (χ3n) is 4.30.